The number of hydrogen-bond donors (Lipinski definition) is 0. The van der Waals surface area contributed by atoms with Crippen LogP contribution in [0.15, 0.2) is 0 Å². The van der Waals surface area contributed by atoms with Crippen molar-refractivity contribution in [1.82, 2.24) is 0 Å². The summed E-state index contributed by atoms with van der Waals surface area (Å²) in [6.07, 6.45) is 18.0. The van der Waals surface area contributed by atoms with Crippen LogP contribution in [0.2, 0.25) is 12.6 Å². The quantitative estimate of drug-likeness (QED) is 0.534. The predicted molar refractivity (Wildman–Crippen MR) is 72.2 cm³/mol. The smallest absolute Gasteiger partial charge is 0.0891 e. The van der Waals surface area contributed by atoms with Crippen molar-refractivity contribution in [2.75, 3.05) is 0 Å². The molecule has 0 saturated heterocycles. The van der Waals surface area contributed by atoms with E-state index in [2.05, 4.69) is 6.82 Å². The third-order valence-corrected chi connectivity index (χ3v) is 4.05. The Labute approximate surface area is 97.5 Å². The summed E-state index contributed by atoms with van der Waals surface area (Å²) in [4.78, 5) is 0. The van der Waals surface area contributed by atoms with Crippen LogP contribution in [-0.2, 0) is 0 Å². The lowest BCUT2D eigenvalue weighted by Crippen LogP contribution is -2.00. The molecule has 0 aromatic rings. The summed E-state index contributed by atoms with van der Waals surface area (Å²) in [6.45, 7) is 2.38. The first-order valence-electron chi connectivity index (χ1n) is 7.43. The van der Waals surface area contributed by atoms with Crippen molar-refractivity contribution in [3.8, 4) is 0 Å². The molecule has 0 N–H and O–H groups in total. The standard InChI is InChI=1S/C14H29B/c1-15-14-12-10-8-6-4-2-3-5-7-9-11-13-14/h14-15H,2-13H2,1H3. The molecule has 1 saturated carbocycles. The van der Waals surface area contributed by atoms with Gasteiger partial charge in [-0.1, -0.05) is 89.7 Å². The van der Waals surface area contributed by atoms with Gasteiger partial charge in [-0.25, -0.2) is 0 Å². The van der Waals surface area contributed by atoms with Gasteiger partial charge in [-0.15, -0.1) is 0 Å². The highest BCUT2D eigenvalue weighted by molar-refractivity contribution is 6.35. The largest absolute Gasteiger partial charge is 0.120 e. The molecule has 1 aliphatic rings. The maximum atomic E-state index is 2.38. The molecule has 0 amide bonds. The van der Waals surface area contributed by atoms with Crippen molar-refractivity contribution in [2.24, 2.45) is 0 Å². The molecule has 1 aliphatic carbocycles. The van der Waals surface area contributed by atoms with Gasteiger partial charge in [0.25, 0.3) is 0 Å². The fourth-order valence-electron chi connectivity index (χ4n) is 2.83. The fourth-order valence-corrected chi connectivity index (χ4v) is 2.83. The molecule has 0 bridgehead atoms. The first kappa shape index (κ1) is 13.1. The molecule has 88 valence electrons. The third kappa shape index (κ3) is 7.03. The SMILES string of the molecule is CBC1CCCCCCCCCCCC1. The van der Waals surface area contributed by atoms with E-state index in [4.69, 9.17) is 0 Å². The summed E-state index contributed by atoms with van der Waals surface area (Å²) in [6, 6.07) is 0. The lowest BCUT2D eigenvalue weighted by atomic mass is 9.63. The molecule has 0 spiro atoms. The molecule has 0 aliphatic heterocycles. The average Bonchev–Trinajstić information content (AvgIpc) is 2.29. The monoisotopic (exact) mass is 208 g/mol. The molecule has 0 radical (unpaired) electrons. The molecular formula is C14H29B. The highest BCUT2D eigenvalue weighted by atomic mass is 14.1. The van der Waals surface area contributed by atoms with E-state index in [1.807, 2.05) is 0 Å². The maximum Gasteiger partial charge on any atom is 0.120 e. The van der Waals surface area contributed by atoms with Gasteiger partial charge in [-0.2, -0.15) is 0 Å². The topological polar surface area (TPSA) is 0 Å². The van der Waals surface area contributed by atoms with Crippen molar-refractivity contribution in [3.63, 3.8) is 0 Å². The molecule has 0 aromatic heterocycles. The zero-order valence-electron chi connectivity index (χ0n) is 10.8. The summed E-state index contributed by atoms with van der Waals surface area (Å²) in [5.41, 5.74) is 0. The van der Waals surface area contributed by atoms with E-state index in [1.165, 1.54) is 84.3 Å². The van der Waals surface area contributed by atoms with Gasteiger partial charge < -0.3 is 0 Å². The maximum absolute atomic E-state index is 2.38. The van der Waals surface area contributed by atoms with Crippen LogP contribution in [0.3, 0.4) is 0 Å². The van der Waals surface area contributed by atoms with Crippen molar-refractivity contribution in [1.29, 1.82) is 0 Å². The van der Waals surface area contributed by atoms with E-state index >= 15 is 0 Å². The predicted octanol–water partition coefficient (Wildman–Crippen LogP) is 4.95. The second kappa shape index (κ2) is 9.30. The second-order valence-corrected chi connectivity index (χ2v) is 5.39. The zero-order valence-corrected chi connectivity index (χ0v) is 10.8. The normalized spacial score (nSPS) is 23.5. The van der Waals surface area contributed by atoms with E-state index in [1.54, 1.807) is 0 Å². The Morgan fingerprint density at radius 2 is 0.933 bits per heavy atom. The number of hydrogen-bond acceptors (Lipinski definition) is 0. The van der Waals surface area contributed by atoms with Gasteiger partial charge in [0.05, 0.1) is 0 Å². The van der Waals surface area contributed by atoms with Crippen LogP contribution in [0, 0.1) is 0 Å². The lowest BCUT2D eigenvalue weighted by molar-refractivity contribution is 0.559. The highest BCUT2D eigenvalue weighted by Crippen LogP contribution is 2.23. The van der Waals surface area contributed by atoms with E-state index in [9.17, 15) is 0 Å². The van der Waals surface area contributed by atoms with Crippen molar-refractivity contribution in [2.45, 2.75) is 89.7 Å². The fraction of sp³-hybridized carbons (Fsp3) is 1.00. The van der Waals surface area contributed by atoms with Crippen LogP contribution in [0.25, 0.3) is 0 Å². The van der Waals surface area contributed by atoms with Gasteiger partial charge in [-0.3, -0.25) is 0 Å². The van der Waals surface area contributed by atoms with Gasteiger partial charge in [-0.05, 0) is 0 Å². The molecule has 15 heavy (non-hydrogen) atoms. The summed E-state index contributed by atoms with van der Waals surface area (Å²) < 4.78 is 0. The van der Waals surface area contributed by atoms with Gasteiger partial charge in [0.2, 0.25) is 0 Å². The van der Waals surface area contributed by atoms with E-state index < -0.39 is 0 Å². The summed E-state index contributed by atoms with van der Waals surface area (Å²) in [5, 5.41) is 0. The van der Waals surface area contributed by atoms with Gasteiger partial charge in [0, 0.05) is 0 Å². The zero-order chi connectivity index (χ0) is 10.8. The Morgan fingerprint density at radius 3 is 1.27 bits per heavy atom. The molecule has 0 heterocycles. The van der Waals surface area contributed by atoms with Gasteiger partial charge in [0.1, 0.15) is 7.28 Å². The molecule has 0 aromatic carbocycles. The highest BCUT2D eigenvalue weighted by Gasteiger charge is 2.07. The van der Waals surface area contributed by atoms with Crippen LogP contribution >= 0.6 is 0 Å². The van der Waals surface area contributed by atoms with Crippen molar-refractivity contribution < 1.29 is 0 Å². The van der Waals surface area contributed by atoms with E-state index in [-0.39, 0.29) is 0 Å². The van der Waals surface area contributed by atoms with Crippen LogP contribution in [0.1, 0.15) is 77.0 Å². The van der Waals surface area contributed by atoms with Crippen LogP contribution in [0.4, 0.5) is 0 Å². The Hall–Kier alpha value is 0.0649. The van der Waals surface area contributed by atoms with Gasteiger partial charge in [0.15, 0.2) is 0 Å². The van der Waals surface area contributed by atoms with Crippen LogP contribution in [0.5, 0.6) is 0 Å². The molecule has 1 heteroatoms. The van der Waals surface area contributed by atoms with Crippen molar-refractivity contribution >= 4 is 7.28 Å². The molecule has 0 unspecified atom stereocenters. The van der Waals surface area contributed by atoms with Crippen molar-refractivity contribution in [3.05, 3.63) is 0 Å². The first-order chi connectivity index (χ1) is 7.43. The molecule has 0 atom stereocenters. The molecule has 0 nitrogen and oxygen atoms in total. The molecule has 1 fully saturated rings. The summed E-state index contributed by atoms with van der Waals surface area (Å²) in [5.74, 6) is 1.05. The van der Waals surface area contributed by atoms with Gasteiger partial charge >= 0.3 is 0 Å². The molecule has 1 rings (SSSR count). The second-order valence-electron chi connectivity index (χ2n) is 5.39. The van der Waals surface area contributed by atoms with Crippen LogP contribution in [-0.4, -0.2) is 7.28 Å². The Balaban J connectivity index is 2.17. The van der Waals surface area contributed by atoms with E-state index in [0.717, 1.165) is 5.82 Å². The third-order valence-electron chi connectivity index (χ3n) is 4.05. The lowest BCUT2D eigenvalue weighted by Gasteiger charge is -2.13. The molecular weight excluding hydrogens is 179 g/mol. The summed E-state index contributed by atoms with van der Waals surface area (Å²) >= 11 is 0. The van der Waals surface area contributed by atoms with E-state index in [0.29, 0.717) is 0 Å². The first-order valence-corrected chi connectivity index (χ1v) is 7.43. The Kier molecular flexibility index (Phi) is 8.14. The van der Waals surface area contributed by atoms with Crippen LogP contribution < -0.4 is 0 Å². The average molecular weight is 208 g/mol. The minimum absolute atomic E-state index is 1.05. The Morgan fingerprint density at radius 1 is 0.600 bits per heavy atom. The minimum atomic E-state index is 1.05. The summed E-state index contributed by atoms with van der Waals surface area (Å²) in [7, 11) is 1.42. The number of rotatable bonds is 1. The Bertz CT molecular complexity index is 119. The minimum Gasteiger partial charge on any atom is -0.0891 e.